The first-order chi connectivity index (χ1) is 12.7. The zero-order chi connectivity index (χ0) is 18.4. The molecule has 3 rings (SSSR count). The number of nitrogen functional groups attached to an aromatic ring is 1. The summed E-state index contributed by atoms with van der Waals surface area (Å²) >= 11 is 0. The smallest absolute Gasteiger partial charge is 0.251 e. The van der Waals surface area contributed by atoms with E-state index in [1.807, 2.05) is 0 Å². The predicted molar refractivity (Wildman–Crippen MR) is 101 cm³/mol. The Morgan fingerprint density at radius 3 is 2.73 bits per heavy atom. The molecule has 1 aromatic rings. The molecule has 6 heteroatoms. The number of nitrogens with two attached hydrogens (primary N) is 1. The van der Waals surface area contributed by atoms with Crippen molar-refractivity contribution in [2.24, 2.45) is 0 Å². The molecule has 0 bridgehead atoms. The molecule has 2 fully saturated rings. The Morgan fingerprint density at radius 2 is 2.04 bits per heavy atom. The molecule has 3 N–H and O–H groups in total. The third kappa shape index (κ3) is 4.69. The van der Waals surface area contributed by atoms with Gasteiger partial charge in [-0.1, -0.05) is 5.92 Å². The number of morpholine rings is 1. The first-order valence-electron chi connectivity index (χ1n) is 9.26. The molecule has 0 aromatic heterocycles. The van der Waals surface area contributed by atoms with Crippen molar-refractivity contribution in [3.8, 4) is 18.1 Å². The third-order valence-corrected chi connectivity index (χ3v) is 5.18. The van der Waals surface area contributed by atoms with Gasteiger partial charge in [-0.25, -0.2) is 0 Å². The molecule has 6 nitrogen and oxygen atoms in total. The summed E-state index contributed by atoms with van der Waals surface area (Å²) in [5.74, 6) is 2.76. The van der Waals surface area contributed by atoms with Crippen LogP contribution in [-0.4, -0.2) is 55.8 Å². The van der Waals surface area contributed by atoms with E-state index in [9.17, 15) is 4.79 Å². The second-order valence-corrected chi connectivity index (χ2v) is 6.87. The van der Waals surface area contributed by atoms with Gasteiger partial charge >= 0.3 is 0 Å². The molecule has 1 saturated heterocycles. The number of benzene rings is 1. The van der Waals surface area contributed by atoms with Gasteiger partial charge in [0.05, 0.1) is 18.9 Å². The second-order valence-electron chi connectivity index (χ2n) is 6.87. The predicted octanol–water partition coefficient (Wildman–Crippen LogP) is 1.65. The number of terminal acetylenes is 1. The minimum Gasteiger partial charge on any atom is -0.479 e. The van der Waals surface area contributed by atoms with Crippen LogP contribution in [0.25, 0.3) is 0 Å². The van der Waals surface area contributed by atoms with E-state index in [0.29, 0.717) is 23.0 Å². The highest BCUT2D eigenvalue weighted by molar-refractivity contribution is 5.95. The van der Waals surface area contributed by atoms with E-state index >= 15 is 0 Å². The lowest BCUT2D eigenvalue weighted by Gasteiger charge is -2.38. The van der Waals surface area contributed by atoms with E-state index in [-0.39, 0.29) is 18.6 Å². The Bertz CT molecular complexity index is 657. The maximum absolute atomic E-state index is 12.6. The van der Waals surface area contributed by atoms with Crippen LogP contribution in [0.15, 0.2) is 18.2 Å². The molecule has 0 atom stereocenters. The topological polar surface area (TPSA) is 76.8 Å². The molecule has 0 unspecified atom stereocenters. The fraction of sp³-hybridized carbons (Fsp3) is 0.550. The Kier molecular flexibility index (Phi) is 6.37. The fourth-order valence-electron chi connectivity index (χ4n) is 3.72. The molecular weight excluding hydrogens is 330 g/mol. The Labute approximate surface area is 155 Å². The van der Waals surface area contributed by atoms with Crippen molar-refractivity contribution in [1.82, 2.24) is 10.2 Å². The lowest BCUT2D eigenvalue weighted by atomic mass is 9.89. The van der Waals surface area contributed by atoms with Crippen molar-refractivity contribution in [3.05, 3.63) is 23.8 Å². The van der Waals surface area contributed by atoms with Crippen molar-refractivity contribution < 1.29 is 14.3 Å². The summed E-state index contributed by atoms with van der Waals surface area (Å²) < 4.78 is 10.8. The van der Waals surface area contributed by atoms with Crippen molar-refractivity contribution in [2.75, 3.05) is 38.6 Å². The lowest BCUT2D eigenvalue weighted by Crippen LogP contribution is -2.47. The molecule has 2 aliphatic rings. The van der Waals surface area contributed by atoms with Crippen molar-refractivity contribution in [3.63, 3.8) is 0 Å². The largest absolute Gasteiger partial charge is 0.479 e. The van der Waals surface area contributed by atoms with E-state index in [4.69, 9.17) is 21.6 Å². The Morgan fingerprint density at radius 1 is 1.31 bits per heavy atom. The SMILES string of the molecule is C#CCOc1cc(C(=O)N[C@H]2CC[C@H](N3CCOCC3)CC2)ccc1N. The number of carbonyl (C=O) groups is 1. The van der Waals surface area contributed by atoms with Gasteiger partial charge in [-0.05, 0) is 43.9 Å². The second kappa shape index (κ2) is 8.93. The van der Waals surface area contributed by atoms with Crippen molar-refractivity contribution in [1.29, 1.82) is 0 Å². The van der Waals surface area contributed by atoms with Crippen LogP contribution in [0.4, 0.5) is 5.69 Å². The van der Waals surface area contributed by atoms with E-state index in [1.165, 1.54) is 0 Å². The minimum absolute atomic E-state index is 0.0922. The highest BCUT2D eigenvalue weighted by Gasteiger charge is 2.27. The van der Waals surface area contributed by atoms with E-state index < -0.39 is 0 Å². The first kappa shape index (κ1) is 18.6. The number of nitrogens with zero attached hydrogens (tertiary/aromatic N) is 1. The molecular formula is C20H27N3O3. The fourth-order valence-corrected chi connectivity index (χ4v) is 3.72. The van der Waals surface area contributed by atoms with Gasteiger partial charge in [0.1, 0.15) is 12.4 Å². The number of ether oxygens (including phenoxy) is 2. The number of carbonyl (C=O) groups excluding carboxylic acids is 1. The summed E-state index contributed by atoms with van der Waals surface area (Å²) in [4.78, 5) is 15.1. The molecule has 1 amide bonds. The summed E-state index contributed by atoms with van der Waals surface area (Å²) in [7, 11) is 0. The van der Waals surface area contributed by atoms with Gasteiger partial charge in [-0.15, -0.1) is 6.42 Å². The number of rotatable bonds is 5. The maximum Gasteiger partial charge on any atom is 0.251 e. The summed E-state index contributed by atoms with van der Waals surface area (Å²) in [6, 6.07) is 5.88. The average Bonchev–Trinajstić information content (AvgIpc) is 2.68. The molecule has 1 saturated carbocycles. The summed E-state index contributed by atoms with van der Waals surface area (Å²) in [5.41, 5.74) is 6.88. The van der Waals surface area contributed by atoms with Gasteiger partial charge in [0, 0.05) is 30.7 Å². The maximum atomic E-state index is 12.6. The van der Waals surface area contributed by atoms with Crippen LogP contribution in [0.5, 0.6) is 5.75 Å². The molecule has 1 aliphatic carbocycles. The number of nitrogens with one attached hydrogen (secondary N) is 1. The highest BCUT2D eigenvalue weighted by Crippen LogP contribution is 2.25. The first-order valence-corrected chi connectivity index (χ1v) is 9.26. The molecule has 140 valence electrons. The standard InChI is InChI=1S/C20H27N3O3/c1-2-11-26-19-14-15(3-8-18(19)21)20(24)22-16-4-6-17(7-5-16)23-9-12-25-13-10-23/h1,3,8,14,16-17H,4-7,9-13,21H2,(H,22,24)/t16-,17-. The zero-order valence-electron chi connectivity index (χ0n) is 15.1. The van der Waals surface area contributed by atoms with Crippen LogP contribution in [-0.2, 0) is 4.74 Å². The highest BCUT2D eigenvalue weighted by atomic mass is 16.5. The van der Waals surface area contributed by atoms with Gasteiger partial charge < -0.3 is 20.5 Å². The molecule has 1 aliphatic heterocycles. The van der Waals surface area contributed by atoms with E-state index in [1.54, 1.807) is 18.2 Å². The lowest BCUT2D eigenvalue weighted by molar-refractivity contribution is 0.00664. The summed E-state index contributed by atoms with van der Waals surface area (Å²) in [5, 5.41) is 3.14. The number of amides is 1. The van der Waals surface area contributed by atoms with Gasteiger partial charge in [0.25, 0.3) is 5.91 Å². The summed E-state index contributed by atoms with van der Waals surface area (Å²) in [6.45, 7) is 3.83. The van der Waals surface area contributed by atoms with Crippen LogP contribution in [0, 0.1) is 12.3 Å². The van der Waals surface area contributed by atoms with E-state index in [0.717, 1.165) is 52.0 Å². The van der Waals surface area contributed by atoms with E-state index in [2.05, 4.69) is 16.1 Å². The van der Waals surface area contributed by atoms with Gasteiger partial charge in [0.2, 0.25) is 0 Å². The van der Waals surface area contributed by atoms with Crippen LogP contribution in [0.3, 0.4) is 0 Å². The third-order valence-electron chi connectivity index (χ3n) is 5.18. The van der Waals surface area contributed by atoms with Crippen LogP contribution < -0.4 is 15.8 Å². The van der Waals surface area contributed by atoms with Crippen molar-refractivity contribution >= 4 is 11.6 Å². The monoisotopic (exact) mass is 357 g/mol. The van der Waals surface area contributed by atoms with Gasteiger partial charge in [-0.2, -0.15) is 0 Å². The molecule has 0 spiro atoms. The van der Waals surface area contributed by atoms with Crippen LogP contribution in [0.1, 0.15) is 36.0 Å². The summed E-state index contributed by atoms with van der Waals surface area (Å²) in [6.07, 6.45) is 9.44. The minimum atomic E-state index is -0.0922. The zero-order valence-corrected chi connectivity index (χ0v) is 15.1. The average molecular weight is 357 g/mol. The van der Waals surface area contributed by atoms with Crippen LogP contribution in [0.2, 0.25) is 0 Å². The normalized spacial score (nSPS) is 23.8. The molecule has 1 aromatic carbocycles. The Balaban J connectivity index is 1.52. The molecule has 1 heterocycles. The van der Waals surface area contributed by atoms with Gasteiger partial charge in [0.15, 0.2) is 0 Å². The number of hydrogen-bond donors (Lipinski definition) is 2. The van der Waals surface area contributed by atoms with Gasteiger partial charge in [-0.3, -0.25) is 9.69 Å². The number of anilines is 1. The Hall–Kier alpha value is -2.23. The molecule has 0 radical (unpaired) electrons. The van der Waals surface area contributed by atoms with Crippen LogP contribution >= 0.6 is 0 Å². The van der Waals surface area contributed by atoms with Crippen molar-refractivity contribution in [2.45, 2.75) is 37.8 Å². The quantitative estimate of drug-likeness (QED) is 0.619. The number of hydrogen-bond acceptors (Lipinski definition) is 5. The molecule has 26 heavy (non-hydrogen) atoms.